The van der Waals surface area contributed by atoms with Crippen molar-refractivity contribution >= 4 is 5.96 Å². The number of nitrogens with zero attached hydrogens (tertiary/aromatic N) is 5. The molecule has 0 aliphatic carbocycles. The average molecular weight is 363 g/mol. The van der Waals surface area contributed by atoms with Crippen LogP contribution in [0.25, 0.3) is 0 Å². The lowest BCUT2D eigenvalue weighted by atomic mass is 10.1. The average Bonchev–Trinajstić information content (AvgIpc) is 3.36. The topological polar surface area (TPSA) is 69.8 Å². The zero-order valence-corrected chi connectivity index (χ0v) is 16.6. The maximum absolute atomic E-state index is 5.31. The first-order valence-electron chi connectivity index (χ1n) is 10.2. The molecule has 1 aromatic heterocycles. The minimum absolute atomic E-state index is 0.297. The molecule has 7 nitrogen and oxygen atoms in total. The summed E-state index contributed by atoms with van der Waals surface area (Å²) in [6, 6.07) is 0. The fourth-order valence-electron chi connectivity index (χ4n) is 3.79. The van der Waals surface area contributed by atoms with E-state index in [0.29, 0.717) is 24.8 Å². The second-order valence-electron chi connectivity index (χ2n) is 7.80. The van der Waals surface area contributed by atoms with Crippen LogP contribution in [0.3, 0.4) is 0 Å². The molecule has 2 saturated heterocycles. The fraction of sp³-hybridized carbons (Fsp3) is 0.842. The van der Waals surface area contributed by atoms with Crippen LogP contribution >= 0.6 is 0 Å². The largest absolute Gasteiger partial charge is 0.357 e. The van der Waals surface area contributed by atoms with Gasteiger partial charge in [0.15, 0.2) is 11.8 Å². The molecule has 0 aromatic carbocycles. The van der Waals surface area contributed by atoms with Crippen molar-refractivity contribution in [3.05, 3.63) is 11.7 Å². The van der Waals surface area contributed by atoms with Crippen molar-refractivity contribution < 1.29 is 4.52 Å². The monoisotopic (exact) mass is 362 g/mol. The van der Waals surface area contributed by atoms with Crippen LogP contribution in [0.5, 0.6) is 0 Å². The summed E-state index contributed by atoms with van der Waals surface area (Å²) in [5.41, 5.74) is 0. The van der Waals surface area contributed by atoms with Gasteiger partial charge in [-0.2, -0.15) is 4.98 Å². The van der Waals surface area contributed by atoms with E-state index in [1.165, 1.54) is 38.9 Å². The van der Waals surface area contributed by atoms with Gasteiger partial charge in [0.05, 0.1) is 6.54 Å². The molecule has 3 rings (SSSR count). The van der Waals surface area contributed by atoms with Crippen LogP contribution in [0.4, 0.5) is 0 Å². The predicted octanol–water partition coefficient (Wildman–Crippen LogP) is 2.12. The quantitative estimate of drug-likeness (QED) is 0.592. The second kappa shape index (κ2) is 9.35. The molecule has 3 heterocycles. The number of aromatic nitrogens is 2. The maximum Gasteiger partial charge on any atom is 0.228 e. The van der Waals surface area contributed by atoms with Crippen LogP contribution in [-0.4, -0.2) is 71.7 Å². The number of guanidine groups is 1. The molecule has 2 fully saturated rings. The van der Waals surface area contributed by atoms with E-state index in [4.69, 9.17) is 9.52 Å². The van der Waals surface area contributed by atoms with Crippen molar-refractivity contribution in [1.29, 1.82) is 0 Å². The van der Waals surface area contributed by atoms with Crippen molar-refractivity contribution in [1.82, 2.24) is 25.3 Å². The number of rotatable bonds is 7. The smallest absolute Gasteiger partial charge is 0.228 e. The van der Waals surface area contributed by atoms with Crippen LogP contribution < -0.4 is 5.32 Å². The Morgan fingerprint density at radius 2 is 2.12 bits per heavy atom. The van der Waals surface area contributed by atoms with Crippen LogP contribution in [0, 0.1) is 5.92 Å². The Balaban J connectivity index is 1.50. The van der Waals surface area contributed by atoms with Crippen molar-refractivity contribution in [3.63, 3.8) is 0 Å². The zero-order valence-electron chi connectivity index (χ0n) is 16.6. The Morgan fingerprint density at radius 3 is 2.81 bits per heavy atom. The third-order valence-electron chi connectivity index (χ3n) is 5.22. The summed E-state index contributed by atoms with van der Waals surface area (Å²) in [6.45, 7) is 13.9. The molecule has 26 heavy (non-hydrogen) atoms. The Bertz CT molecular complexity index is 578. The normalized spacial score (nSPS) is 21.9. The van der Waals surface area contributed by atoms with Crippen LogP contribution in [0.2, 0.25) is 0 Å². The summed E-state index contributed by atoms with van der Waals surface area (Å²) >= 11 is 0. The van der Waals surface area contributed by atoms with E-state index in [1.54, 1.807) is 0 Å². The number of hydrogen-bond donors (Lipinski definition) is 1. The Kier molecular flexibility index (Phi) is 6.88. The van der Waals surface area contributed by atoms with E-state index >= 15 is 0 Å². The third kappa shape index (κ3) is 5.19. The van der Waals surface area contributed by atoms with E-state index in [-0.39, 0.29) is 0 Å². The van der Waals surface area contributed by atoms with Gasteiger partial charge in [-0.1, -0.05) is 19.0 Å². The highest BCUT2D eigenvalue weighted by Gasteiger charge is 2.27. The Morgan fingerprint density at radius 1 is 1.31 bits per heavy atom. The summed E-state index contributed by atoms with van der Waals surface area (Å²) in [7, 11) is 0. The third-order valence-corrected chi connectivity index (χ3v) is 5.22. The molecule has 0 spiro atoms. The van der Waals surface area contributed by atoms with E-state index in [0.717, 1.165) is 37.3 Å². The summed E-state index contributed by atoms with van der Waals surface area (Å²) in [4.78, 5) is 14.3. The molecule has 2 aliphatic heterocycles. The van der Waals surface area contributed by atoms with Gasteiger partial charge in [0.1, 0.15) is 0 Å². The molecule has 0 saturated carbocycles. The number of aliphatic imine (C=N–C) groups is 1. The van der Waals surface area contributed by atoms with Gasteiger partial charge in [-0.15, -0.1) is 0 Å². The standard InChI is InChI=1S/C19H34N6O/c1-4-20-19(21-9-7-17-22-18(15(2)3)23-26-17)25-12-8-16(14-25)13-24-10-5-6-11-24/h15-16H,4-14H2,1-3H3,(H,20,21). The number of nitrogens with one attached hydrogen (secondary N) is 1. The molecule has 0 bridgehead atoms. The van der Waals surface area contributed by atoms with Gasteiger partial charge in [0.2, 0.25) is 5.89 Å². The number of hydrogen-bond acceptors (Lipinski definition) is 5. The summed E-state index contributed by atoms with van der Waals surface area (Å²) < 4.78 is 5.31. The van der Waals surface area contributed by atoms with Crippen molar-refractivity contribution in [2.24, 2.45) is 10.9 Å². The number of likely N-dealkylation sites (tertiary alicyclic amines) is 2. The first-order valence-corrected chi connectivity index (χ1v) is 10.2. The molecule has 7 heteroatoms. The minimum Gasteiger partial charge on any atom is -0.357 e. The van der Waals surface area contributed by atoms with Gasteiger partial charge < -0.3 is 19.6 Å². The van der Waals surface area contributed by atoms with Gasteiger partial charge in [-0.05, 0) is 45.2 Å². The van der Waals surface area contributed by atoms with E-state index in [2.05, 4.69) is 46.0 Å². The lowest BCUT2D eigenvalue weighted by Gasteiger charge is -2.23. The van der Waals surface area contributed by atoms with Crippen LogP contribution in [0.15, 0.2) is 9.52 Å². The Hall–Kier alpha value is -1.63. The van der Waals surface area contributed by atoms with Gasteiger partial charge >= 0.3 is 0 Å². The highest BCUT2D eigenvalue weighted by atomic mass is 16.5. The highest BCUT2D eigenvalue weighted by Crippen LogP contribution is 2.20. The van der Waals surface area contributed by atoms with Crippen LogP contribution in [0.1, 0.15) is 57.7 Å². The van der Waals surface area contributed by atoms with E-state index in [1.807, 2.05) is 0 Å². The summed E-state index contributed by atoms with van der Waals surface area (Å²) in [6.07, 6.45) is 4.70. The summed E-state index contributed by atoms with van der Waals surface area (Å²) in [5, 5.41) is 7.46. The lowest BCUT2D eigenvalue weighted by Crippen LogP contribution is -2.41. The molecule has 1 unspecified atom stereocenters. The zero-order chi connectivity index (χ0) is 18.4. The molecular weight excluding hydrogens is 328 g/mol. The second-order valence-corrected chi connectivity index (χ2v) is 7.80. The Labute approximate surface area is 157 Å². The van der Waals surface area contributed by atoms with Crippen LogP contribution in [-0.2, 0) is 6.42 Å². The van der Waals surface area contributed by atoms with Gasteiger partial charge in [-0.25, -0.2) is 0 Å². The first-order chi connectivity index (χ1) is 12.7. The molecule has 1 atom stereocenters. The van der Waals surface area contributed by atoms with Crippen molar-refractivity contribution in [3.8, 4) is 0 Å². The fourth-order valence-corrected chi connectivity index (χ4v) is 3.79. The van der Waals surface area contributed by atoms with Crippen molar-refractivity contribution in [2.75, 3.05) is 45.8 Å². The molecule has 146 valence electrons. The molecule has 1 aromatic rings. The van der Waals surface area contributed by atoms with Gasteiger partial charge in [0, 0.05) is 38.5 Å². The van der Waals surface area contributed by atoms with E-state index in [9.17, 15) is 0 Å². The molecular formula is C19H34N6O. The SMILES string of the molecule is CCNC(=NCCc1nc(C(C)C)no1)N1CCC(CN2CCCC2)C1. The first kappa shape index (κ1) is 19.1. The van der Waals surface area contributed by atoms with Crippen molar-refractivity contribution in [2.45, 2.75) is 52.4 Å². The molecule has 1 N–H and O–H groups in total. The molecule has 0 amide bonds. The lowest BCUT2D eigenvalue weighted by molar-refractivity contribution is 0.281. The molecule has 2 aliphatic rings. The predicted molar refractivity (Wildman–Crippen MR) is 103 cm³/mol. The van der Waals surface area contributed by atoms with Gasteiger partial charge in [0.25, 0.3) is 0 Å². The minimum atomic E-state index is 0.297. The van der Waals surface area contributed by atoms with E-state index < -0.39 is 0 Å². The molecule has 0 radical (unpaired) electrons. The summed E-state index contributed by atoms with van der Waals surface area (Å²) in [5.74, 6) is 3.55. The van der Waals surface area contributed by atoms with Gasteiger partial charge in [-0.3, -0.25) is 4.99 Å². The highest BCUT2D eigenvalue weighted by molar-refractivity contribution is 5.80. The maximum atomic E-state index is 5.31.